The second kappa shape index (κ2) is 5.52. The van der Waals surface area contributed by atoms with Crippen molar-refractivity contribution in [3.63, 3.8) is 0 Å². The molecule has 100 valence electrons. The molecule has 1 unspecified atom stereocenters. The number of ether oxygens (including phenoxy) is 2. The fourth-order valence-corrected chi connectivity index (χ4v) is 1.44. The van der Waals surface area contributed by atoms with Crippen molar-refractivity contribution in [1.82, 2.24) is 9.78 Å². The number of rotatable bonds is 4. The molecule has 0 aliphatic heterocycles. The molecule has 0 spiro atoms. The van der Waals surface area contributed by atoms with E-state index in [0.717, 1.165) is 0 Å². The predicted octanol–water partition coefficient (Wildman–Crippen LogP) is 0.187. The van der Waals surface area contributed by atoms with Crippen molar-refractivity contribution < 1.29 is 19.1 Å². The number of methoxy groups -OCH3 is 1. The van der Waals surface area contributed by atoms with E-state index < -0.39 is 18.0 Å². The SMILES string of the molecule is COC(=O)C(C)OC(=O)Cn1nc(C)c(N)c1C. The summed E-state index contributed by atoms with van der Waals surface area (Å²) in [5.74, 6) is -1.17. The third kappa shape index (κ3) is 2.99. The van der Waals surface area contributed by atoms with Crippen LogP contribution in [0.3, 0.4) is 0 Å². The van der Waals surface area contributed by atoms with Gasteiger partial charge in [-0.3, -0.25) is 9.48 Å². The summed E-state index contributed by atoms with van der Waals surface area (Å²) in [6, 6.07) is 0. The highest BCUT2D eigenvalue weighted by molar-refractivity contribution is 5.78. The first-order valence-corrected chi connectivity index (χ1v) is 5.43. The molecule has 0 saturated carbocycles. The molecule has 0 aliphatic carbocycles. The van der Waals surface area contributed by atoms with E-state index in [9.17, 15) is 9.59 Å². The number of esters is 2. The molecule has 1 aromatic heterocycles. The van der Waals surface area contributed by atoms with Gasteiger partial charge in [-0.05, 0) is 20.8 Å². The van der Waals surface area contributed by atoms with Crippen molar-refractivity contribution in [2.45, 2.75) is 33.4 Å². The maximum absolute atomic E-state index is 11.6. The van der Waals surface area contributed by atoms with E-state index in [1.54, 1.807) is 13.8 Å². The first kappa shape index (κ1) is 14.0. The van der Waals surface area contributed by atoms with Crippen LogP contribution in [0.4, 0.5) is 5.69 Å². The molecule has 0 aliphatic rings. The maximum atomic E-state index is 11.6. The Hall–Kier alpha value is -2.05. The van der Waals surface area contributed by atoms with Crippen LogP contribution in [0.2, 0.25) is 0 Å². The second-order valence-corrected chi connectivity index (χ2v) is 3.90. The highest BCUT2D eigenvalue weighted by atomic mass is 16.6. The van der Waals surface area contributed by atoms with Crippen molar-refractivity contribution >= 4 is 17.6 Å². The molecular formula is C11H17N3O4. The normalized spacial score (nSPS) is 12.0. The smallest absolute Gasteiger partial charge is 0.346 e. The van der Waals surface area contributed by atoms with Crippen LogP contribution >= 0.6 is 0 Å². The summed E-state index contributed by atoms with van der Waals surface area (Å²) >= 11 is 0. The van der Waals surface area contributed by atoms with Crippen molar-refractivity contribution in [1.29, 1.82) is 0 Å². The second-order valence-electron chi connectivity index (χ2n) is 3.90. The van der Waals surface area contributed by atoms with Crippen molar-refractivity contribution in [3.05, 3.63) is 11.4 Å². The van der Waals surface area contributed by atoms with Gasteiger partial charge < -0.3 is 15.2 Å². The molecule has 1 aromatic rings. The third-order valence-corrected chi connectivity index (χ3v) is 2.56. The average Bonchev–Trinajstić information content (AvgIpc) is 2.55. The molecule has 0 bridgehead atoms. The van der Waals surface area contributed by atoms with Crippen molar-refractivity contribution in [2.24, 2.45) is 0 Å². The molecular weight excluding hydrogens is 238 g/mol. The van der Waals surface area contributed by atoms with E-state index in [0.29, 0.717) is 17.1 Å². The van der Waals surface area contributed by atoms with Crippen LogP contribution in [0.5, 0.6) is 0 Å². The Labute approximate surface area is 105 Å². The van der Waals surface area contributed by atoms with Crippen LogP contribution in [0, 0.1) is 13.8 Å². The lowest BCUT2D eigenvalue weighted by atomic mass is 10.3. The fourth-order valence-electron chi connectivity index (χ4n) is 1.44. The van der Waals surface area contributed by atoms with Gasteiger partial charge in [-0.1, -0.05) is 0 Å². The third-order valence-electron chi connectivity index (χ3n) is 2.56. The number of nitrogens with two attached hydrogens (primary N) is 1. The molecule has 0 amide bonds. The zero-order valence-corrected chi connectivity index (χ0v) is 10.9. The summed E-state index contributed by atoms with van der Waals surface area (Å²) in [7, 11) is 1.23. The van der Waals surface area contributed by atoms with Gasteiger partial charge in [0.2, 0.25) is 0 Å². The number of carbonyl (C=O) groups is 2. The molecule has 0 radical (unpaired) electrons. The number of nitrogen functional groups attached to an aromatic ring is 1. The lowest BCUT2D eigenvalue weighted by Gasteiger charge is -2.11. The molecule has 0 fully saturated rings. The quantitative estimate of drug-likeness (QED) is 0.771. The van der Waals surface area contributed by atoms with Gasteiger partial charge >= 0.3 is 11.9 Å². The van der Waals surface area contributed by atoms with E-state index >= 15 is 0 Å². The Morgan fingerprint density at radius 3 is 2.50 bits per heavy atom. The Kier molecular flexibility index (Phi) is 4.30. The number of anilines is 1. The first-order valence-electron chi connectivity index (χ1n) is 5.43. The molecule has 0 aromatic carbocycles. The van der Waals surface area contributed by atoms with Gasteiger partial charge in [0, 0.05) is 0 Å². The van der Waals surface area contributed by atoms with Crippen molar-refractivity contribution in [2.75, 3.05) is 12.8 Å². The molecule has 7 heteroatoms. The molecule has 0 saturated heterocycles. The monoisotopic (exact) mass is 255 g/mol. The van der Waals surface area contributed by atoms with Gasteiger partial charge in [-0.15, -0.1) is 0 Å². The van der Waals surface area contributed by atoms with Gasteiger partial charge in [0.25, 0.3) is 0 Å². The minimum Gasteiger partial charge on any atom is -0.466 e. The number of hydrogen-bond acceptors (Lipinski definition) is 6. The van der Waals surface area contributed by atoms with Crippen molar-refractivity contribution in [3.8, 4) is 0 Å². The molecule has 18 heavy (non-hydrogen) atoms. The van der Waals surface area contributed by atoms with E-state index in [1.165, 1.54) is 18.7 Å². The van der Waals surface area contributed by atoms with Gasteiger partial charge in [0.1, 0.15) is 6.54 Å². The van der Waals surface area contributed by atoms with E-state index in [4.69, 9.17) is 10.5 Å². The lowest BCUT2D eigenvalue weighted by Crippen LogP contribution is -2.27. The maximum Gasteiger partial charge on any atom is 0.346 e. The predicted molar refractivity (Wildman–Crippen MR) is 63.7 cm³/mol. The van der Waals surface area contributed by atoms with E-state index in [2.05, 4.69) is 9.84 Å². The molecule has 1 atom stereocenters. The lowest BCUT2D eigenvalue weighted by molar-refractivity contribution is -0.165. The number of aromatic nitrogens is 2. The van der Waals surface area contributed by atoms with Crippen LogP contribution in [-0.2, 0) is 25.6 Å². The van der Waals surface area contributed by atoms with E-state index in [-0.39, 0.29) is 6.54 Å². The van der Waals surface area contributed by atoms with E-state index in [1.807, 2.05) is 0 Å². The number of hydrogen-bond donors (Lipinski definition) is 1. The average molecular weight is 255 g/mol. The molecule has 1 heterocycles. The fraction of sp³-hybridized carbons (Fsp3) is 0.545. The van der Waals surface area contributed by atoms with Gasteiger partial charge in [-0.25, -0.2) is 4.79 Å². The molecule has 7 nitrogen and oxygen atoms in total. The van der Waals surface area contributed by atoms with Gasteiger partial charge in [0.05, 0.1) is 24.2 Å². The van der Waals surface area contributed by atoms with Crippen LogP contribution in [0.1, 0.15) is 18.3 Å². The summed E-state index contributed by atoms with van der Waals surface area (Å²) in [4.78, 5) is 22.7. The summed E-state index contributed by atoms with van der Waals surface area (Å²) in [5.41, 5.74) is 7.63. The Balaban J connectivity index is 2.65. The van der Waals surface area contributed by atoms with Crippen LogP contribution in [0.15, 0.2) is 0 Å². The molecule has 2 N–H and O–H groups in total. The Bertz CT molecular complexity index is 467. The summed E-state index contributed by atoms with van der Waals surface area (Å²) in [6.07, 6.45) is -0.934. The van der Waals surface area contributed by atoms with Crippen LogP contribution in [-0.4, -0.2) is 34.9 Å². The Morgan fingerprint density at radius 2 is 2.06 bits per heavy atom. The highest BCUT2D eigenvalue weighted by Gasteiger charge is 2.19. The van der Waals surface area contributed by atoms with Gasteiger partial charge in [0.15, 0.2) is 6.10 Å². The Morgan fingerprint density at radius 1 is 1.44 bits per heavy atom. The van der Waals surface area contributed by atoms with Crippen LogP contribution < -0.4 is 5.73 Å². The minimum atomic E-state index is -0.934. The number of nitrogens with zero attached hydrogens (tertiary/aromatic N) is 2. The summed E-state index contributed by atoms with van der Waals surface area (Å²) < 4.78 is 10.8. The topological polar surface area (TPSA) is 96.4 Å². The van der Waals surface area contributed by atoms with Gasteiger partial charge in [-0.2, -0.15) is 5.10 Å². The summed E-state index contributed by atoms with van der Waals surface area (Å²) in [6.45, 7) is 4.86. The largest absolute Gasteiger partial charge is 0.466 e. The standard InChI is InChI=1S/C11H17N3O4/c1-6-10(12)7(2)14(13-6)5-9(15)18-8(3)11(16)17-4/h8H,5,12H2,1-4H3. The summed E-state index contributed by atoms with van der Waals surface area (Å²) in [5, 5.41) is 4.10. The zero-order valence-electron chi connectivity index (χ0n) is 10.9. The highest BCUT2D eigenvalue weighted by Crippen LogP contribution is 2.14. The molecule has 1 rings (SSSR count). The number of carbonyl (C=O) groups excluding carboxylic acids is 2. The minimum absolute atomic E-state index is 0.0921. The van der Waals surface area contributed by atoms with Crippen LogP contribution in [0.25, 0.3) is 0 Å². The first-order chi connectivity index (χ1) is 8.36. The number of aryl methyl sites for hydroxylation is 1. The zero-order chi connectivity index (χ0) is 13.9.